The molecule has 14 heavy (non-hydrogen) atoms. The van der Waals surface area contributed by atoms with Gasteiger partial charge in [-0.25, -0.2) is 0 Å². The van der Waals surface area contributed by atoms with Crippen molar-refractivity contribution in [2.45, 2.75) is 13.3 Å². The molecule has 0 unspecified atom stereocenters. The summed E-state index contributed by atoms with van der Waals surface area (Å²) < 4.78 is 12.5. The summed E-state index contributed by atoms with van der Waals surface area (Å²) in [6, 6.07) is 8.14. The van der Waals surface area contributed by atoms with Crippen LogP contribution in [0.4, 0.5) is 0 Å². The van der Waals surface area contributed by atoms with Crippen LogP contribution in [-0.2, 0) is 11.0 Å². The van der Waals surface area contributed by atoms with Crippen molar-refractivity contribution in [1.29, 1.82) is 0 Å². The second kappa shape index (κ2) is 3.74. The molecule has 1 aromatic rings. The van der Waals surface area contributed by atoms with Gasteiger partial charge in [-0.3, -0.25) is 0 Å². The molecule has 2 heteroatoms. The summed E-state index contributed by atoms with van der Waals surface area (Å²) in [5.74, 6) is 0. The van der Waals surface area contributed by atoms with Crippen LogP contribution in [-0.4, -0.2) is 12.3 Å². The lowest BCUT2D eigenvalue weighted by Gasteiger charge is -2.15. The third-order valence-electron chi connectivity index (χ3n) is 2.78. The van der Waals surface area contributed by atoms with Crippen LogP contribution in [0, 0.1) is 0 Å². The minimum Gasteiger partial charge on any atom is -0.318 e. The van der Waals surface area contributed by atoms with Gasteiger partial charge in [0, 0.05) is 17.6 Å². The molecule has 0 aliphatic carbocycles. The quantitative estimate of drug-likeness (QED) is 0.537. The smallest absolute Gasteiger partial charge is 0.123 e. The molecule has 0 saturated carbocycles. The summed E-state index contributed by atoms with van der Waals surface area (Å²) >= 11 is 0. The van der Waals surface area contributed by atoms with Gasteiger partial charge >= 0.3 is 0 Å². The van der Waals surface area contributed by atoms with Crippen LogP contribution in [0.5, 0.6) is 0 Å². The maximum absolute atomic E-state index is 12.5. The molecule has 1 aliphatic heterocycles. The second-order valence-electron chi connectivity index (χ2n) is 3.71. The molecule has 1 heterocycles. The second-order valence-corrected chi connectivity index (χ2v) is 6.70. The van der Waals surface area contributed by atoms with E-state index in [0.29, 0.717) is 0 Å². The van der Waals surface area contributed by atoms with E-state index in [4.69, 9.17) is 0 Å². The molecule has 0 fully saturated rings. The van der Waals surface area contributed by atoms with Crippen LogP contribution >= 0.6 is 7.14 Å². The number of aryl methyl sites for hydroxylation is 1. The van der Waals surface area contributed by atoms with Crippen LogP contribution in [0.15, 0.2) is 36.4 Å². The Bertz CT molecular complexity index is 395. The third-order valence-corrected chi connectivity index (χ3v) is 5.69. The summed E-state index contributed by atoms with van der Waals surface area (Å²) in [5, 5.41) is 1.10. The van der Waals surface area contributed by atoms with Gasteiger partial charge in [0.1, 0.15) is 7.14 Å². The lowest BCUT2D eigenvalue weighted by molar-refractivity contribution is 0.585. The molecule has 74 valence electrons. The SMILES string of the molecule is CCc1ccccc1P1(=O)CC=CC1. The molecule has 0 amide bonds. The van der Waals surface area contributed by atoms with E-state index < -0.39 is 7.14 Å². The molecule has 0 saturated heterocycles. The first-order chi connectivity index (χ1) is 6.76. The number of rotatable bonds is 2. The maximum Gasteiger partial charge on any atom is 0.123 e. The molecular formula is C12H15OP. The highest BCUT2D eigenvalue weighted by Crippen LogP contribution is 2.48. The number of hydrogen-bond donors (Lipinski definition) is 0. The van der Waals surface area contributed by atoms with Gasteiger partial charge in [-0.2, -0.15) is 0 Å². The van der Waals surface area contributed by atoms with Crippen LogP contribution < -0.4 is 5.30 Å². The zero-order chi connectivity index (χ0) is 10.0. The first-order valence-electron chi connectivity index (χ1n) is 5.08. The summed E-state index contributed by atoms with van der Waals surface area (Å²) in [6.45, 7) is 2.12. The van der Waals surface area contributed by atoms with Gasteiger partial charge in [0.05, 0.1) is 0 Å². The topological polar surface area (TPSA) is 17.1 Å². The summed E-state index contributed by atoms with van der Waals surface area (Å²) in [4.78, 5) is 0. The van der Waals surface area contributed by atoms with E-state index in [9.17, 15) is 4.57 Å². The summed E-state index contributed by atoms with van der Waals surface area (Å²) in [7, 11) is -2.09. The molecule has 1 aromatic carbocycles. The highest BCUT2D eigenvalue weighted by molar-refractivity contribution is 7.72. The van der Waals surface area contributed by atoms with E-state index in [0.717, 1.165) is 24.0 Å². The Morgan fingerprint density at radius 3 is 2.50 bits per heavy atom. The van der Waals surface area contributed by atoms with E-state index in [-0.39, 0.29) is 0 Å². The average molecular weight is 206 g/mol. The first-order valence-corrected chi connectivity index (χ1v) is 7.15. The van der Waals surface area contributed by atoms with Crippen molar-refractivity contribution in [2.24, 2.45) is 0 Å². The van der Waals surface area contributed by atoms with Gasteiger partial charge in [0.15, 0.2) is 0 Å². The van der Waals surface area contributed by atoms with Gasteiger partial charge in [-0.05, 0) is 12.0 Å². The Kier molecular flexibility index (Phi) is 2.60. The zero-order valence-electron chi connectivity index (χ0n) is 8.44. The highest BCUT2D eigenvalue weighted by Gasteiger charge is 2.26. The van der Waals surface area contributed by atoms with Gasteiger partial charge in [-0.15, -0.1) is 0 Å². The maximum atomic E-state index is 12.5. The molecular weight excluding hydrogens is 191 g/mol. The van der Waals surface area contributed by atoms with Crippen molar-refractivity contribution >= 4 is 12.4 Å². The number of hydrogen-bond acceptors (Lipinski definition) is 1. The predicted molar refractivity (Wildman–Crippen MR) is 61.9 cm³/mol. The lowest BCUT2D eigenvalue weighted by atomic mass is 10.2. The highest BCUT2D eigenvalue weighted by atomic mass is 31.2. The fourth-order valence-electron chi connectivity index (χ4n) is 1.97. The monoisotopic (exact) mass is 206 g/mol. The Morgan fingerprint density at radius 1 is 1.21 bits per heavy atom. The Morgan fingerprint density at radius 2 is 1.86 bits per heavy atom. The van der Waals surface area contributed by atoms with E-state index in [1.165, 1.54) is 5.56 Å². The van der Waals surface area contributed by atoms with Crippen molar-refractivity contribution in [2.75, 3.05) is 12.3 Å². The largest absolute Gasteiger partial charge is 0.318 e. The molecule has 0 bridgehead atoms. The van der Waals surface area contributed by atoms with E-state index >= 15 is 0 Å². The minimum atomic E-state index is -2.09. The number of allylic oxidation sites excluding steroid dienone is 2. The number of benzene rings is 1. The van der Waals surface area contributed by atoms with E-state index in [2.05, 4.69) is 13.0 Å². The van der Waals surface area contributed by atoms with Crippen molar-refractivity contribution in [1.82, 2.24) is 0 Å². The van der Waals surface area contributed by atoms with Crippen LogP contribution in [0.25, 0.3) is 0 Å². The van der Waals surface area contributed by atoms with Crippen molar-refractivity contribution in [3.63, 3.8) is 0 Å². The molecule has 0 spiro atoms. The molecule has 1 nitrogen and oxygen atoms in total. The fourth-order valence-corrected chi connectivity index (χ4v) is 4.60. The molecule has 0 N–H and O–H groups in total. The van der Waals surface area contributed by atoms with Crippen molar-refractivity contribution in [3.8, 4) is 0 Å². The molecule has 1 aliphatic rings. The third kappa shape index (κ3) is 1.57. The van der Waals surface area contributed by atoms with Gasteiger partial charge < -0.3 is 4.57 Å². The van der Waals surface area contributed by atoms with Crippen LogP contribution in [0.2, 0.25) is 0 Å². The van der Waals surface area contributed by atoms with Crippen molar-refractivity contribution < 1.29 is 4.57 Å². The molecule has 2 rings (SSSR count). The van der Waals surface area contributed by atoms with Crippen LogP contribution in [0.1, 0.15) is 12.5 Å². The molecule has 0 aromatic heterocycles. The zero-order valence-corrected chi connectivity index (χ0v) is 9.34. The van der Waals surface area contributed by atoms with E-state index in [1.54, 1.807) is 0 Å². The Labute approximate surface area is 85.2 Å². The van der Waals surface area contributed by atoms with Gasteiger partial charge in [-0.1, -0.05) is 43.3 Å². The first kappa shape index (κ1) is 9.73. The van der Waals surface area contributed by atoms with Gasteiger partial charge in [0.2, 0.25) is 0 Å². The fraction of sp³-hybridized carbons (Fsp3) is 0.333. The average Bonchev–Trinajstić information content (AvgIpc) is 2.66. The standard InChI is InChI=1S/C12H15OP/c1-2-11-7-3-4-8-12(11)14(13)9-5-6-10-14/h3-8H,2,9-10H2,1H3. The molecule has 0 atom stereocenters. The predicted octanol–water partition coefficient (Wildman–Crippen LogP) is 2.81. The van der Waals surface area contributed by atoms with Gasteiger partial charge in [0.25, 0.3) is 0 Å². The lowest BCUT2D eigenvalue weighted by Crippen LogP contribution is -2.12. The summed E-state index contributed by atoms with van der Waals surface area (Å²) in [5.41, 5.74) is 1.25. The minimum absolute atomic E-state index is 0.754. The normalized spacial score (nSPS) is 18.6. The van der Waals surface area contributed by atoms with E-state index in [1.807, 2.05) is 30.4 Å². The Balaban J connectivity index is 2.45. The summed E-state index contributed by atoms with van der Waals surface area (Å²) in [6.07, 6.45) is 6.58. The van der Waals surface area contributed by atoms with Crippen molar-refractivity contribution in [3.05, 3.63) is 42.0 Å². The molecule has 0 radical (unpaired) electrons. The van der Waals surface area contributed by atoms with Crippen LogP contribution in [0.3, 0.4) is 0 Å². The Hall–Kier alpha value is -0.810.